The summed E-state index contributed by atoms with van der Waals surface area (Å²) in [7, 11) is -9.55. The molecule has 4 N–H and O–H groups in total. The maximum Gasteiger partial charge on any atom is 0.354 e. The average molecular weight is 400 g/mol. The zero-order valence-corrected chi connectivity index (χ0v) is 18.2. The molecule has 1 rings (SSSR count). The van der Waals surface area contributed by atoms with Gasteiger partial charge in [-0.25, -0.2) is 0 Å². The molecule has 150 valence electrons. The molecule has 0 aromatic rings. The quantitative estimate of drug-likeness (QED) is 0.502. The van der Waals surface area contributed by atoms with E-state index in [0.717, 1.165) is 0 Å². The summed E-state index contributed by atoms with van der Waals surface area (Å²) in [4.78, 5) is 40.3. The Bertz CT molecular complexity index is 507. The lowest BCUT2D eigenvalue weighted by Crippen LogP contribution is -2.59. The largest absolute Gasteiger partial charge is 0.354 e. The van der Waals surface area contributed by atoms with Crippen molar-refractivity contribution in [1.82, 2.24) is 0 Å². The maximum atomic E-state index is 12.4. The summed E-state index contributed by atoms with van der Waals surface area (Å²) in [6.07, 6.45) is 0. The van der Waals surface area contributed by atoms with Crippen LogP contribution in [0.5, 0.6) is 0 Å². The van der Waals surface area contributed by atoms with E-state index in [9.17, 15) is 28.7 Å². The lowest BCUT2D eigenvalue weighted by atomic mass is 9.47. The molecule has 0 aromatic heterocycles. The van der Waals surface area contributed by atoms with Crippen molar-refractivity contribution in [3.8, 4) is 0 Å². The van der Waals surface area contributed by atoms with E-state index in [1.807, 2.05) is 55.4 Å². The molecule has 7 nitrogen and oxygen atoms in total. The van der Waals surface area contributed by atoms with Crippen LogP contribution in [-0.2, 0) is 13.9 Å². The normalized spacial score (nSPS) is 27.0. The van der Waals surface area contributed by atoms with Gasteiger partial charge < -0.3 is 24.3 Å². The molecule has 1 aliphatic rings. The van der Waals surface area contributed by atoms with E-state index in [1.165, 1.54) is 0 Å². The van der Waals surface area contributed by atoms with Crippen molar-refractivity contribution in [2.75, 3.05) is 0 Å². The van der Waals surface area contributed by atoms with Gasteiger partial charge in [0.1, 0.15) is 0 Å². The molecule has 1 fully saturated rings. The van der Waals surface area contributed by atoms with Crippen molar-refractivity contribution in [1.29, 1.82) is 0 Å². The number of rotatable bonds is 6. The molecule has 0 aromatic carbocycles. The van der Waals surface area contributed by atoms with Gasteiger partial charge in [-0.1, -0.05) is 55.4 Å². The van der Waals surface area contributed by atoms with E-state index in [2.05, 4.69) is 0 Å². The zero-order chi connectivity index (χ0) is 20.2. The second-order valence-corrected chi connectivity index (χ2v) is 11.8. The Labute approximate surface area is 150 Å². The highest BCUT2D eigenvalue weighted by molar-refractivity contribution is 7.53. The summed E-state index contributed by atoms with van der Waals surface area (Å²) >= 11 is 0. The molecule has 0 spiro atoms. The van der Waals surface area contributed by atoms with Gasteiger partial charge in [0.05, 0.1) is 0 Å². The Morgan fingerprint density at radius 3 is 0.960 bits per heavy atom. The summed E-state index contributed by atoms with van der Waals surface area (Å²) in [5.74, 6) is -4.14. The van der Waals surface area contributed by atoms with Crippen LogP contribution in [0, 0.1) is 34.5 Å². The maximum absolute atomic E-state index is 12.4. The minimum Gasteiger partial charge on any atom is -0.348 e. The molecule has 0 bridgehead atoms. The van der Waals surface area contributed by atoms with Crippen molar-refractivity contribution in [2.45, 2.75) is 67.1 Å². The number of hydrogen-bond acceptors (Lipinski definition) is 3. The zero-order valence-electron chi connectivity index (χ0n) is 16.4. The minimum atomic E-state index is -4.77. The number of hydrogen-bond donors (Lipinski definition) is 4. The van der Waals surface area contributed by atoms with Crippen LogP contribution in [0.25, 0.3) is 0 Å². The van der Waals surface area contributed by atoms with Gasteiger partial charge in [-0.3, -0.25) is 9.13 Å². The Morgan fingerprint density at radius 2 is 0.840 bits per heavy atom. The Balaban J connectivity index is 4.08. The third-order valence-electron chi connectivity index (χ3n) is 6.26. The Morgan fingerprint density at radius 1 is 0.640 bits per heavy atom. The average Bonchev–Trinajstić information content (AvgIpc) is 2.71. The standard InChI is InChI=1S/C16H34O7P2/c1-9(2)15(10(3)4)13(24(17,18)19)23-14(25(20,21)22)16(15,11(5)6)12(7)8/h9-14H,1-8H3,(H2,17,18,19)(H2,20,21,22). The second kappa shape index (κ2) is 7.01. The van der Waals surface area contributed by atoms with Crippen LogP contribution in [0.15, 0.2) is 0 Å². The molecular formula is C16H34O7P2. The fourth-order valence-electron chi connectivity index (χ4n) is 5.96. The lowest BCUT2D eigenvalue weighted by Gasteiger charge is -2.58. The molecule has 0 amide bonds. The van der Waals surface area contributed by atoms with Crippen LogP contribution >= 0.6 is 15.2 Å². The first-order valence-corrected chi connectivity index (χ1v) is 12.1. The monoisotopic (exact) mass is 400 g/mol. The van der Waals surface area contributed by atoms with E-state index in [-0.39, 0.29) is 23.7 Å². The van der Waals surface area contributed by atoms with Gasteiger partial charge in [-0.2, -0.15) is 0 Å². The summed E-state index contributed by atoms with van der Waals surface area (Å²) in [5.41, 5.74) is -2.19. The Hall–Kier alpha value is 0.260. The lowest BCUT2D eigenvalue weighted by molar-refractivity contribution is -0.0915. The van der Waals surface area contributed by atoms with E-state index in [4.69, 9.17) is 4.74 Å². The Kier molecular flexibility index (Phi) is 6.54. The van der Waals surface area contributed by atoms with E-state index in [1.54, 1.807) is 0 Å². The molecule has 1 saturated heterocycles. The summed E-state index contributed by atoms with van der Waals surface area (Å²) in [6.45, 7) is 14.8. The summed E-state index contributed by atoms with van der Waals surface area (Å²) in [5, 5.41) is 0. The molecule has 0 aliphatic carbocycles. The topological polar surface area (TPSA) is 124 Å². The molecule has 25 heavy (non-hydrogen) atoms. The predicted octanol–water partition coefficient (Wildman–Crippen LogP) is 3.62. The molecule has 2 atom stereocenters. The fraction of sp³-hybridized carbons (Fsp3) is 1.00. The van der Waals surface area contributed by atoms with Crippen LogP contribution in [0.4, 0.5) is 0 Å². The first kappa shape index (κ1) is 23.3. The first-order valence-electron chi connectivity index (χ1n) is 8.75. The van der Waals surface area contributed by atoms with E-state index < -0.39 is 37.7 Å². The van der Waals surface area contributed by atoms with Gasteiger partial charge >= 0.3 is 15.2 Å². The van der Waals surface area contributed by atoms with Gasteiger partial charge in [0.2, 0.25) is 0 Å². The molecule has 0 radical (unpaired) electrons. The SMILES string of the molecule is CC(C)C1(C(C)C)C(P(=O)(O)O)OC(P(=O)(O)O)C1(C(C)C)C(C)C. The van der Waals surface area contributed by atoms with Gasteiger partial charge in [-0.05, 0) is 23.7 Å². The first-order chi connectivity index (χ1) is 11.0. The van der Waals surface area contributed by atoms with Gasteiger partial charge in [0.15, 0.2) is 11.7 Å². The van der Waals surface area contributed by atoms with Crippen LogP contribution in [0.3, 0.4) is 0 Å². The van der Waals surface area contributed by atoms with Gasteiger partial charge in [-0.15, -0.1) is 0 Å². The fourth-order valence-corrected chi connectivity index (χ4v) is 9.37. The molecule has 0 saturated carbocycles. The van der Waals surface area contributed by atoms with Crippen molar-refractivity contribution in [2.24, 2.45) is 34.5 Å². The summed E-state index contributed by atoms with van der Waals surface area (Å²) in [6, 6.07) is 0. The van der Waals surface area contributed by atoms with Crippen molar-refractivity contribution in [3.05, 3.63) is 0 Å². The summed E-state index contributed by atoms with van der Waals surface area (Å²) < 4.78 is 30.4. The van der Waals surface area contributed by atoms with Crippen molar-refractivity contribution >= 4 is 15.2 Å². The van der Waals surface area contributed by atoms with E-state index >= 15 is 0 Å². The third kappa shape index (κ3) is 3.20. The van der Waals surface area contributed by atoms with Gasteiger partial charge in [0, 0.05) is 10.8 Å². The third-order valence-corrected chi connectivity index (χ3v) is 8.58. The highest BCUT2D eigenvalue weighted by atomic mass is 31.2. The smallest absolute Gasteiger partial charge is 0.348 e. The highest BCUT2D eigenvalue weighted by Gasteiger charge is 2.76. The van der Waals surface area contributed by atoms with E-state index in [0.29, 0.717) is 0 Å². The van der Waals surface area contributed by atoms with Crippen LogP contribution in [0.2, 0.25) is 0 Å². The number of ether oxygens (including phenoxy) is 1. The minimum absolute atomic E-state index is 0.258. The molecule has 2 unspecified atom stereocenters. The van der Waals surface area contributed by atoms with Crippen LogP contribution in [-0.4, -0.2) is 31.3 Å². The van der Waals surface area contributed by atoms with Crippen molar-refractivity contribution < 1.29 is 33.4 Å². The van der Waals surface area contributed by atoms with Crippen molar-refractivity contribution in [3.63, 3.8) is 0 Å². The van der Waals surface area contributed by atoms with Crippen LogP contribution in [0.1, 0.15) is 55.4 Å². The van der Waals surface area contributed by atoms with Crippen LogP contribution < -0.4 is 0 Å². The second-order valence-electron chi connectivity index (χ2n) is 8.50. The van der Waals surface area contributed by atoms with Gasteiger partial charge in [0.25, 0.3) is 0 Å². The highest BCUT2D eigenvalue weighted by Crippen LogP contribution is 2.77. The molecular weight excluding hydrogens is 366 g/mol. The predicted molar refractivity (Wildman–Crippen MR) is 97.0 cm³/mol. The molecule has 9 heteroatoms. The molecule has 1 aliphatic heterocycles. The molecule has 1 heterocycles.